The number of para-hydroxylation sites is 1. The van der Waals surface area contributed by atoms with Crippen LogP contribution in [-0.4, -0.2) is 30.7 Å². The van der Waals surface area contributed by atoms with Crippen molar-refractivity contribution in [2.75, 3.05) is 5.32 Å². The third-order valence-electron chi connectivity index (χ3n) is 5.33. The molecular weight excluding hydrogens is 476 g/mol. The van der Waals surface area contributed by atoms with Crippen LogP contribution in [0.4, 0.5) is 14.5 Å². The van der Waals surface area contributed by atoms with Crippen LogP contribution in [-0.2, 0) is 4.79 Å². The molecule has 1 unspecified atom stereocenters. The summed E-state index contributed by atoms with van der Waals surface area (Å²) in [5.74, 6) is -2.12. The number of hydrogen-bond acceptors (Lipinski definition) is 5. The molecule has 35 heavy (non-hydrogen) atoms. The van der Waals surface area contributed by atoms with Crippen LogP contribution in [0.2, 0.25) is 0 Å². The molecule has 0 radical (unpaired) electrons. The van der Waals surface area contributed by atoms with E-state index < -0.39 is 28.4 Å². The number of H-pyrrole nitrogens is 2. The summed E-state index contributed by atoms with van der Waals surface area (Å²) < 4.78 is 29.2. The minimum Gasteiger partial charge on any atom is -0.325 e. The van der Waals surface area contributed by atoms with Crippen LogP contribution in [0.15, 0.2) is 75.4 Å². The number of rotatable bonds is 5. The van der Waals surface area contributed by atoms with Crippen molar-refractivity contribution in [1.29, 1.82) is 0 Å². The van der Waals surface area contributed by atoms with Gasteiger partial charge < -0.3 is 15.3 Å². The van der Waals surface area contributed by atoms with Crippen LogP contribution in [0.1, 0.15) is 6.92 Å². The van der Waals surface area contributed by atoms with Gasteiger partial charge in [-0.3, -0.25) is 14.2 Å². The fraction of sp³-hybridized carbons (Fsp3) is 0.0833. The molecule has 0 saturated carbocycles. The van der Waals surface area contributed by atoms with E-state index in [2.05, 4.69) is 20.3 Å². The van der Waals surface area contributed by atoms with E-state index in [0.29, 0.717) is 28.3 Å². The Morgan fingerprint density at radius 2 is 1.80 bits per heavy atom. The van der Waals surface area contributed by atoms with Crippen LogP contribution in [0.5, 0.6) is 0 Å². The van der Waals surface area contributed by atoms with E-state index in [1.165, 1.54) is 0 Å². The van der Waals surface area contributed by atoms with Gasteiger partial charge in [-0.15, -0.1) is 0 Å². The Morgan fingerprint density at radius 3 is 2.60 bits per heavy atom. The first-order valence-corrected chi connectivity index (χ1v) is 11.3. The largest absolute Gasteiger partial charge is 0.325 e. The van der Waals surface area contributed by atoms with Gasteiger partial charge in [0.2, 0.25) is 5.91 Å². The number of carbonyl (C=O) groups is 1. The van der Waals surface area contributed by atoms with Gasteiger partial charge in [-0.1, -0.05) is 23.9 Å². The van der Waals surface area contributed by atoms with E-state index in [-0.39, 0.29) is 21.9 Å². The van der Waals surface area contributed by atoms with Gasteiger partial charge in [-0.25, -0.2) is 18.6 Å². The average Bonchev–Trinajstić information content (AvgIpc) is 3.19. The van der Waals surface area contributed by atoms with Crippen molar-refractivity contribution in [1.82, 2.24) is 19.5 Å². The topological polar surface area (TPSA) is 113 Å². The van der Waals surface area contributed by atoms with E-state index in [1.54, 1.807) is 49.4 Å². The number of hydrogen-bond donors (Lipinski definition) is 3. The Kier molecular flexibility index (Phi) is 5.69. The molecule has 5 rings (SSSR count). The number of amides is 1. The van der Waals surface area contributed by atoms with Crippen LogP contribution >= 0.6 is 11.8 Å². The second kappa shape index (κ2) is 8.84. The molecule has 0 fully saturated rings. The minimum absolute atomic E-state index is 0.0762. The fourth-order valence-electron chi connectivity index (χ4n) is 3.63. The zero-order valence-electron chi connectivity index (χ0n) is 18.1. The summed E-state index contributed by atoms with van der Waals surface area (Å²) in [4.78, 5) is 47.4. The Labute approximate surface area is 200 Å². The maximum absolute atomic E-state index is 14.7. The monoisotopic (exact) mass is 493 g/mol. The molecule has 0 saturated heterocycles. The average molecular weight is 493 g/mol. The third kappa shape index (κ3) is 4.33. The van der Waals surface area contributed by atoms with Gasteiger partial charge in [-0.05, 0) is 49.4 Å². The van der Waals surface area contributed by atoms with Crippen molar-refractivity contribution >= 4 is 45.3 Å². The first-order chi connectivity index (χ1) is 16.8. The summed E-state index contributed by atoms with van der Waals surface area (Å²) in [6.45, 7) is 1.61. The zero-order valence-corrected chi connectivity index (χ0v) is 19.0. The third-order valence-corrected chi connectivity index (χ3v) is 6.38. The van der Waals surface area contributed by atoms with E-state index in [4.69, 9.17) is 0 Å². The second-order valence-corrected chi connectivity index (χ2v) is 9.04. The normalized spacial score (nSPS) is 12.2. The number of anilines is 1. The Morgan fingerprint density at radius 1 is 1.03 bits per heavy atom. The Bertz CT molecular complexity index is 1730. The summed E-state index contributed by atoms with van der Waals surface area (Å²) in [6.07, 6.45) is 0. The summed E-state index contributed by atoms with van der Waals surface area (Å²) in [7, 11) is 0. The highest BCUT2D eigenvalue weighted by molar-refractivity contribution is 8.00. The molecule has 3 N–H and O–H groups in total. The number of fused-ring (bicyclic) bond motifs is 2. The number of carbonyl (C=O) groups excluding carboxylic acids is 1. The lowest BCUT2D eigenvalue weighted by molar-refractivity contribution is -0.115. The first-order valence-electron chi connectivity index (χ1n) is 10.5. The summed E-state index contributed by atoms with van der Waals surface area (Å²) in [5, 5.41) is 2.34. The lowest BCUT2D eigenvalue weighted by atomic mass is 10.2. The SMILES string of the molecule is CC(Sc1nc2ccccc2c(=O)n1-c1ccc(F)cc1F)C(=O)Nc1ccc2[nH]c(=O)[nH]c2c1. The number of halogens is 2. The summed E-state index contributed by atoms with van der Waals surface area (Å²) >= 11 is 0.957. The van der Waals surface area contributed by atoms with Crippen molar-refractivity contribution in [2.24, 2.45) is 0 Å². The number of imidazole rings is 1. The van der Waals surface area contributed by atoms with Crippen molar-refractivity contribution in [3.63, 3.8) is 0 Å². The Hall–Kier alpha value is -4.25. The predicted octanol–water partition coefficient (Wildman–Crippen LogP) is 3.95. The van der Waals surface area contributed by atoms with Crippen molar-refractivity contribution in [3.05, 3.63) is 93.1 Å². The van der Waals surface area contributed by atoms with Gasteiger partial charge in [0.15, 0.2) is 5.16 Å². The van der Waals surface area contributed by atoms with Gasteiger partial charge in [0.05, 0.1) is 32.9 Å². The van der Waals surface area contributed by atoms with E-state index in [1.807, 2.05) is 0 Å². The van der Waals surface area contributed by atoms with Crippen LogP contribution < -0.4 is 16.6 Å². The van der Waals surface area contributed by atoms with Crippen LogP contribution in [0, 0.1) is 11.6 Å². The molecule has 0 aliphatic carbocycles. The number of thioether (sulfide) groups is 1. The van der Waals surface area contributed by atoms with E-state index in [0.717, 1.165) is 28.5 Å². The number of aromatic nitrogens is 4. The molecule has 8 nitrogen and oxygen atoms in total. The molecule has 1 atom stereocenters. The summed E-state index contributed by atoms with van der Waals surface area (Å²) in [5.41, 5.74) is 0.892. The Balaban J connectivity index is 1.51. The molecule has 2 heterocycles. The molecular formula is C24H17F2N5O3S. The molecule has 176 valence electrons. The predicted molar refractivity (Wildman–Crippen MR) is 130 cm³/mol. The van der Waals surface area contributed by atoms with Gasteiger partial charge in [-0.2, -0.15) is 0 Å². The highest BCUT2D eigenvalue weighted by atomic mass is 32.2. The maximum Gasteiger partial charge on any atom is 0.323 e. The molecule has 0 bridgehead atoms. The molecule has 3 aromatic carbocycles. The molecule has 5 aromatic rings. The molecule has 0 spiro atoms. The van der Waals surface area contributed by atoms with Crippen molar-refractivity contribution in [2.45, 2.75) is 17.3 Å². The van der Waals surface area contributed by atoms with Gasteiger partial charge >= 0.3 is 5.69 Å². The van der Waals surface area contributed by atoms with Gasteiger partial charge in [0.1, 0.15) is 11.6 Å². The number of benzene rings is 3. The van der Waals surface area contributed by atoms with Crippen molar-refractivity contribution < 1.29 is 13.6 Å². The lowest BCUT2D eigenvalue weighted by Gasteiger charge is -2.17. The quantitative estimate of drug-likeness (QED) is 0.254. The second-order valence-electron chi connectivity index (χ2n) is 7.74. The molecule has 11 heteroatoms. The number of nitrogens with zero attached hydrogens (tertiary/aromatic N) is 2. The highest BCUT2D eigenvalue weighted by Crippen LogP contribution is 2.27. The molecule has 0 aliphatic rings. The number of aromatic amines is 2. The summed E-state index contributed by atoms with van der Waals surface area (Å²) in [6, 6.07) is 14.4. The molecule has 2 aromatic heterocycles. The maximum atomic E-state index is 14.7. The molecule has 1 amide bonds. The van der Waals surface area contributed by atoms with Crippen molar-refractivity contribution in [3.8, 4) is 5.69 Å². The van der Waals surface area contributed by atoms with Gasteiger partial charge in [0.25, 0.3) is 5.56 Å². The van der Waals surface area contributed by atoms with Crippen LogP contribution in [0.3, 0.4) is 0 Å². The fourth-order valence-corrected chi connectivity index (χ4v) is 4.55. The standard InChI is InChI=1S/C24H17F2N5O3S/c1-12(21(32)27-14-7-8-18-19(11-14)29-23(34)28-18)35-24-30-17-5-3-2-4-15(17)22(33)31(24)20-9-6-13(25)10-16(20)26/h2-12H,1H3,(H,27,32)(H2,28,29,34). The van der Waals surface area contributed by atoms with Gasteiger partial charge in [0, 0.05) is 11.8 Å². The highest BCUT2D eigenvalue weighted by Gasteiger charge is 2.22. The van der Waals surface area contributed by atoms with E-state index >= 15 is 0 Å². The zero-order chi connectivity index (χ0) is 24.7. The van der Waals surface area contributed by atoms with Crippen LogP contribution in [0.25, 0.3) is 27.6 Å². The minimum atomic E-state index is -0.933. The van der Waals surface area contributed by atoms with E-state index in [9.17, 15) is 23.2 Å². The number of nitrogens with one attached hydrogen (secondary N) is 3. The molecule has 0 aliphatic heterocycles. The lowest BCUT2D eigenvalue weighted by Crippen LogP contribution is -2.26. The first kappa shape index (κ1) is 22.5. The smallest absolute Gasteiger partial charge is 0.323 e.